The maximum atomic E-state index is 13.4. The van der Waals surface area contributed by atoms with Crippen LogP contribution in [0, 0.1) is 5.82 Å². The molecule has 8 heteroatoms. The summed E-state index contributed by atoms with van der Waals surface area (Å²) in [5.74, 6) is 0.0447. The highest BCUT2D eigenvalue weighted by Crippen LogP contribution is 2.26. The molecule has 0 aromatic heterocycles. The average molecular weight is 471 g/mol. The van der Waals surface area contributed by atoms with Gasteiger partial charge in [0.25, 0.3) is 10.0 Å². The first-order valence-corrected chi connectivity index (χ1v) is 12.0. The van der Waals surface area contributed by atoms with E-state index in [0.29, 0.717) is 5.92 Å². The largest absolute Gasteiger partial charge is 0.491 e. The molecule has 33 heavy (non-hydrogen) atoms. The number of sulfonamides is 1. The van der Waals surface area contributed by atoms with Crippen molar-refractivity contribution in [2.24, 2.45) is 0 Å². The zero-order valence-electron chi connectivity index (χ0n) is 18.6. The van der Waals surface area contributed by atoms with Crippen molar-refractivity contribution in [3.63, 3.8) is 0 Å². The minimum absolute atomic E-state index is 0.0377. The summed E-state index contributed by atoms with van der Waals surface area (Å²) in [5, 5.41) is 2.69. The zero-order valence-corrected chi connectivity index (χ0v) is 19.4. The number of hydrogen-bond acceptors (Lipinski definition) is 4. The van der Waals surface area contributed by atoms with Gasteiger partial charge in [0.05, 0.1) is 17.1 Å². The highest BCUT2D eigenvalue weighted by Gasteiger charge is 2.27. The molecule has 0 aliphatic rings. The van der Waals surface area contributed by atoms with Crippen LogP contribution in [0.1, 0.15) is 25.3 Å². The number of nitrogens with one attached hydrogen (secondary N) is 1. The van der Waals surface area contributed by atoms with Gasteiger partial charge in [0.1, 0.15) is 24.7 Å². The van der Waals surface area contributed by atoms with E-state index in [1.807, 2.05) is 24.3 Å². The van der Waals surface area contributed by atoms with E-state index < -0.39 is 28.3 Å². The number of halogens is 1. The van der Waals surface area contributed by atoms with Gasteiger partial charge in [-0.15, -0.1) is 0 Å². The highest BCUT2D eigenvalue weighted by molar-refractivity contribution is 7.92. The number of rotatable bonds is 10. The van der Waals surface area contributed by atoms with E-state index in [9.17, 15) is 17.6 Å². The molecule has 0 fully saturated rings. The lowest BCUT2D eigenvalue weighted by molar-refractivity contribution is -0.119. The second-order valence-electron chi connectivity index (χ2n) is 7.69. The number of carbonyl (C=O) groups excluding carboxylic acids is 1. The third-order valence-electron chi connectivity index (χ3n) is 4.96. The topological polar surface area (TPSA) is 75.7 Å². The number of nitrogens with zero attached hydrogens (tertiary/aromatic N) is 1. The summed E-state index contributed by atoms with van der Waals surface area (Å²) in [7, 11) is -4.03. The summed E-state index contributed by atoms with van der Waals surface area (Å²) in [6.07, 6.45) is 0. The van der Waals surface area contributed by atoms with Crippen LogP contribution < -0.4 is 14.4 Å². The molecular formula is C25H27FN2O4S. The molecule has 174 valence electrons. The van der Waals surface area contributed by atoms with Crippen molar-refractivity contribution in [3.8, 4) is 5.75 Å². The minimum atomic E-state index is -4.03. The Balaban J connectivity index is 1.68. The number of para-hydroxylation sites is 1. The minimum Gasteiger partial charge on any atom is -0.491 e. The second kappa shape index (κ2) is 11.0. The van der Waals surface area contributed by atoms with Crippen LogP contribution in [0.25, 0.3) is 0 Å². The van der Waals surface area contributed by atoms with E-state index in [1.54, 1.807) is 18.2 Å². The highest BCUT2D eigenvalue weighted by atomic mass is 32.2. The van der Waals surface area contributed by atoms with Gasteiger partial charge in [0.2, 0.25) is 5.91 Å². The first-order chi connectivity index (χ1) is 15.8. The Kier molecular flexibility index (Phi) is 8.06. The molecule has 0 saturated carbocycles. The van der Waals surface area contributed by atoms with E-state index >= 15 is 0 Å². The molecule has 0 radical (unpaired) electrons. The summed E-state index contributed by atoms with van der Waals surface area (Å²) in [5.41, 5.74) is 1.26. The van der Waals surface area contributed by atoms with Crippen molar-refractivity contribution in [2.75, 3.05) is 24.0 Å². The molecule has 0 spiro atoms. The van der Waals surface area contributed by atoms with Gasteiger partial charge in [-0.1, -0.05) is 50.2 Å². The fraction of sp³-hybridized carbons (Fsp3) is 0.240. The van der Waals surface area contributed by atoms with Crippen LogP contribution in [-0.2, 0) is 14.8 Å². The van der Waals surface area contributed by atoms with E-state index in [1.165, 1.54) is 24.3 Å². The molecule has 0 aliphatic carbocycles. The van der Waals surface area contributed by atoms with Crippen LogP contribution in [0.4, 0.5) is 10.1 Å². The molecule has 0 aliphatic heterocycles. The van der Waals surface area contributed by atoms with Crippen molar-refractivity contribution in [2.45, 2.75) is 24.7 Å². The Bertz CT molecular complexity index is 1170. The lowest BCUT2D eigenvalue weighted by Gasteiger charge is -2.24. The van der Waals surface area contributed by atoms with Crippen molar-refractivity contribution < 1.29 is 22.3 Å². The Morgan fingerprint density at radius 2 is 1.61 bits per heavy atom. The molecule has 3 aromatic rings. The van der Waals surface area contributed by atoms with Crippen LogP contribution in [0.3, 0.4) is 0 Å². The van der Waals surface area contributed by atoms with E-state index in [0.717, 1.165) is 27.8 Å². The summed E-state index contributed by atoms with van der Waals surface area (Å²) < 4.78 is 46.6. The number of amides is 1. The van der Waals surface area contributed by atoms with Crippen LogP contribution >= 0.6 is 0 Å². The van der Waals surface area contributed by atoms with Gasteiger partial charge >= 0.3 is 0 Å². The summed E-state index contributed by atoms with van der Waals surface area (Å²) in [6, 6.07) is 20.5. The number of hydrogen-bond donors (Lipinski definition) is 1. The third kappa shape index (κ3) is 6.32. The van der Waals surface area contributed by atoms with Crippen molar-refractivity contribution in [3.05, 3.63) is 90.2 Å². The Morgan fingerprint density at radius 3 is 2.27 bits per heavy atom. The fourth-order valence-corrected chi connectivity index (χ4v) is 4.71. The quantitative estimate of drug-likeness (QED) is 0.447. The molecule has 0 bridgehead atoms. The van der Waals surface area contributed by atoms with Gasteiger partial charge in [0, 0.05) is 0 Å². The van der Waals surface area contributed by atoms with Crippen LogP contribution in [-0.4, -0.2) is 34.0 Å². The maximum Gasteiger partial charge on any atom is 0.264 e. The fourth-order valence-electron chi connectivity index (χ4n) is 3.27. The molecule has 0 saturated heterocycles. The first kappa shape index (κ1) is 24.3. The van der Waals surface area contributed by atoms with Gasteiger partial charge in [-0.05, 0) is 53.9 Å². The van der Waals surface area contributed by atoms with Gasteiger partial charge < -0.3 is 10.1 Å². The Morgan fingerprint density at radius 1 is 0.970 bits per heavy atom. The third-order valence-corrected chi connectivity index (χ3v) is 6.74. The smallest absolute Gasteiger partial charge is 0.264 e. The lowest BCUT2D eigenvalue weighted by Crippen LogP contribution is -2.41. The van der Waals surface area contributed by atoms with Gasteiger partial charge in [-0.25, -0.2) is 12.8 Å². The first-order valence-electron chi connectivity index (χ1n) is 10.6. The van der Waals surface area contributed by atoms with Crippen molar-refractivity contribution in [1.82, 2.24) is 5.32 Å². The molecule has 1 N–H and O–H groups in total. The molecule has 3 aromatic carbocycles. The van der Waals surface area contributed by atoms with Crippen LogP contribution in [0.2, 0.25) is 0 Å². The Labute approximate surface area is 194 Å². The molecule has 3 rings (SSSR count). The molecule has 0 heterocycles. The molecule has 1 amide bonds. The lowest BCUT2D eigenvalue weighted by atomic mass is 10.0. The van der Waals surface area contributed by atoms with Gasteiger partial charge in [-0.3, -0.25) is 9.10 Å². The SMILES string of the molecule is CC(C)c1ccccc1OCCNC(=O)CN(c1ccc(F)cc1)S(=O)(=O)c1ccccc1. The van der Waals surface area contributed by atoms with Crippen molar-refractivity contribution >= 4 is 21.6 Å². The van der Waals surface area contributed by atoms with Crippen LogP contribution in [0.5, 0.6) is 5.75 Å². The number of anilines is 1. The molecule has 0 unspecified atom stereocenters. The summed E-state index contributed by atoms with van der Waals surface area (Å²) in [4.78, 5) is 12.6. The monoisotopic (exact) mass is 470 g/mol. The molecular weight excluding hydrogens is 443 g/mol. The van der Waals surface area contributed by atoms with Crippen LogP contribution in [0.15, 0.2) is 83.8 Å². The molecule has 0 atom stereocenters. The predicted molar refractivity (Wildman–Crippen MR) is 126 cm³/mol. The van der Waals surface area contributed by atoms with E-state index in [4.69, 9.17) is 4.74 Å². The van der Waals surface area contributed by atoms with Crippen molar-refractivity contribution in [1.29, 1.82) is 0 Å². The Hall–Kier alpha value is -3.39. The standard InChI is InChI=1S/C25H27FN2O4S/c1-19(2)23-10-6-7-11-24(23)32-17-16-27-25(29)18-28(21-14-12-20(26)13-15-21)33(30,31)22-8-4-3-5-9-22/h3-15,19H,16-18H2,1-2H3,(H,27,29). The van der Waals surface area contributed by atoms with E-state index in [-0.39, 0.29) is 23.7 Å². The molecule has 6 nitrogen and oxygen atoms in total. The average Bonchev–Trinajstić information content (AvgIpc) is 2.81. The van der Waals surface area contributed by atoms with Gasteiger partial charge in [-0.2, -0.15) is 0 Å². The number of carbonyl (C=O) groups is 1. The predicted octanol–water partition coefficient (Wildman–Crippen LogP) is 4.34. The normalized spacial score (nSPS) is 11.3. The summed E-state index contributed by atoms with van der Waals surface area (Å²) in [6.45, 7) is 4.12. The maximum absolute atomic E-state index is 13.4. The zero-order chi connectivity index (χ0) is 23.8. The number of ether oxygens (including phenoxy) is 1. The van der Waals surface area contributed by atoms with Gasteiger partial charge in [0.15, 0.2) is 0 Å². The number of benzene rings is 3. The van der Waals surface area contributed by atoms with E-state index in [2.05, 4.69) is 19.2 Å². The summed E-state index contributed by atoms with van der Waals surface area (Å²) >= 11 is 0. The second-order valence-corrected chi connectivity index (χ2v) is 9.55.